The molecule has 90 valence electrons. The van der Waals surface area contributed by atoms with Crippen LogP contribution < -0.4 is 0 Å². The second-order valence-electron chi connectivity index (χ2n) is 4.24. The lowest BCUT2D eigenvalue weighted by Gasteiger charge is -2.10. The Morgan fingerprint density at radius 1 is 1.06 bits per heavy atom. The maximum absolute atomic E-state index is 13.7. The minimum atomic E-state index is -0.421. The average molecular weight is 224 g/mol. The predicted octanol–water partition coefficient (Wildman–Crippen LogP) is 4.22. The maximum atomic E-state index is 13.7. The molecule has 0 fully saturated rings. The number of phenolic OH excluding ortho intramolecular Hbond substituents is 1. The number of hydrogen-bond acceptors (Lipinski definition) is 1. The van der Waals surface area contributed by atoms with E-state index in [9.17, 15) is 9.50 Å². The molecule has 0 aromatic heterocycles. The Hall–Kier alpha value is -1.05. The van der Waals surface area contributed by atoms with Crippen molar-refractivity contribution in [1.82, 2.24) is 0 Å². The Morgan fingerprint density at radius 2 is 1.81 bits per heavy atom. The van der Waals surface area contributed by atoms with E-state index < -0.39 is 5.82 Å². The summed E-state index contributed by atoms with van der Waals surface area (Å²) in [5, 5.41) is 9.35. The van der Waals surface area contributed by atoms with Crippen LogP contribution in [-0.4, -0.2) is 5.11 Å². The normalized spacial score (nSPS) is 10.7. The van der Waals surface area contributed by atoms with E-state index in [2.05, 4.69) is 6.92 Å². The van der Waals surface area contributed by atoms with Gasteiger partial charge in [-0.3, -0.25) is 0 Å². The highest BCUT2D eigenvalue weighted by Crippen LogP contribution is 2.25. The Balaban J connectivity index is 2.85. The molecule has 0 aliphatic rings. The van der Waals surface area contributed by atoms with Crippen LogP contribution in [0.25, 0.3) is 0 Å². The third-order valence-electron chi connectivity index (χ3n) is 2.87. The van der Waals surface area contributed by atoms with Crippen molar-refractivity contribution in [1.29, 1.82) is 0 Å². The van der Waals surface area contributed by atoms with E-state index in [4.69, 9.17) is 0 Å². The molecule has 0 bridgehead atoms. The number of rotatable bonds is 6. The van der Waals surface area contributed by atoms with Gasteiger partial charge in [0.05, 0.1) is 0 Å². The molecule has 1 aromatic carbocycles. The summed E-state index contributed by atoms with van der Waals surface area (Å²) in [5.74, 6) is -0.640. The second kappa shape index (κ2) is 6.51. The lowest BCUT2D eigenvalue weighted by atomic mass is 9.97. The molecule has 1 aromatic rings. The standard InChI is InChI=1S/C14H21FO/c1-3-5-6-8-11-9-10-13(16)14(15)12(11)7-4-2/h9-10,16H,3-8H2,1-2H3. The zero-order chi connectivity index (χ0) is 12.0. The van der Waals surface area contributed by atoms with Gasteiger partial charge in [-0.2, -0.15) is 0 Å². The summed E-state index contributed by atoms with van der Waals surface area (Å²) in [4.78, 5) is 0. The maximum Gasteiger partial charge on any atom is 0.168 e. The second-order valence-corrected chi connectivity index (χ2v) is 4.24. The molecule has 1 nitrogen and oxygen atoms in total. The zero-order valence-corrected chi connectivity index (χ0v) is 10.2. The van der Waals surface area contributed by atoms with Gasteiger partial charge in [0, 0.05) is 0 Å². The fourth-order valence-corrected chi connectivity index (χ4v) is 1.97. The first kappa shape index (κ1) is 13.0. The largest absolute Gasteiger partial charge is 0.505 e. The van der Waals surface area contributed by atoms with Gasteiger partial charge in [-0.25, -0.2) is 4.39 Å². The van der Waals surface area contributed by atoms with Crippen LogP contribution in [0.4, 0.5) is 4.39 Å². The zero-order valence-electron chi connectivity index (χ0n) is 10.2. The van der Waals surface area contributed by atoms with E-state index in [0.717, 1.165) is 24.8 Å². The van der Waals surface area contributed by atoms with Crippen LogP contribution in [0.1, 0.15) is 50.7 Å². The van der Waals surface area contributed by atoms with Crippen molar-refractivity contribution < 1.29 is 9.50 Å². The number of aryl methyl sites for hydroxylation is 1. The van der Waals surface area contributed by atoms with Crippen LogP contribution in [-0.2, 0) is 12.8 Å². The minimum Gasteiger partial charge on any atom is -0.505 e. The fourth-order valence-electron chi connectivity index (χ4n) is 1.97. The smallest absolute Gasteiger partial charge is 0.168 e. The molecule has 0 saturated heterocycles. The van der Waals surface area contributed by atoms with Gasteiger partial charge in [0.15, 0.2) is 11.6 Å². The topological polar surface area (TPSA) is 20.2 Å². The van der Waals surface area contributed by atoms with E-state index >= 15 is 0 Å². The average Bonchev–Trinajstić information content (AvgIpc) is 2.28. The number of hydrogen-bond donors (Lipinski definition) is 1. The first-order valence-corrected chi connectivity index (χ1v) is 6.19. The molecule has 2 heteroatoms. The summed E-state index contributed by atoms with van der Waals surface area (Å²) < 4.78 is 13.7. The number of unbranched alkanes of at least 4 members (excludes halogenated alkanes) is 2. The lowest BCUT2D eigenvalue weighted by molar-refractivity contribution is 0.427. The summed E-state index contributed by atoms with van der Waals surface area (Å²) >= 11 is 0. The van der Waals surface area contributed by atoms with Gasteiger partial charge in [0.25, 0.3) is 0 Å². The third-order valence-corrected chi connectivity index (χ3v) is 2.87. The van der Waals surface area contributed by atoms with Gasteiger partial charge in [-0.1, -0.05) is 39.2 Å². The highest BCUT2D eigenvalue weighted by molar-refractivity contribution is 5.37. The summed E-state index contributed by atoms with van der Waals surface area (Å²) in [7, 11) is 0. The van der Waals surface area contributed by atoms with Crippen molar-refractivity contribution in [2.75, 3.05) is 0 Å². The Bertz CT molecular complexity index is 334. The minimum absolute atomic E-state index is 0.220. The van der Waals surface area contributed by atoms with Gasteiger partial charge in [0.2, 0.25) is 0 Å². The van der Waals surface area contributed by atoms with Crippen LogP contribution in [0, 0.1) is 5.82 Å². The van der Waals surface area contributed by atoms with Gasteiger partial charge < -0.3 is 5.11 Å². The molecule has 0 aliphatic heterocycles. The van der Waals surface area contributed by atoms with Crippen molar-refractivity contribution in [3.05, 3.63) is 29.1 Å². The highest BCUT2D eigenvalue weighted by atomic mass is 19.1. The molecule has 1 rings (SSSR count). The Kier molecular flexibility index (Phi) is 5.30. The van der Waals surface area contributed by atoms with Gasteiger partial charge in [0.1, 0.15) is 0 Å². The van der Waals surface area contributed by atoms with Crippen molar-refractivity contribution in [2.24, 2.45) is 0 Å². The summed E-state index contributed by atoms with van der Waals surface area (Å²) in [5.41, 5.74) is 1.77. The van der Waals surface area contributed by atoms with Gasteiger partial charge in [-0.05, 0) is 36.5 Å². The van der Waals surface area contributed by atoms with Gasteiger partial charge >= 0.3 is 0 Å². The quantitative estimate of drug-likeness (QED) is 0.717. The SMILES string of the molecule is CCCCCc1ccc(O)c(F)c1CCC. The van der Waals surface area contributed by atoms with E-state index in [-0.39, 0.29) is 5.75 Å². The van der Waals surface area contributed by atoms with Gasteiger partial charge in [-0.15, -0.1) is 0 Å². The van der Waals surface area contributed by atoms with Crippen molar-refractivity contribution in [2.45, 2.75) is 52.4 Å². The highest BCUT2D eigenvalue weighted by Gasteiger charge is 2.11. The molecule has 0 heterocycles. The van der Waals surface area contributed by atoms with Crippen molar-refractivity contribution in [3.8, 4) is 5.75 Å². The summed E-state index contributed by atoms with van der Waals surface area (Å²) in [6.07, 6.45) is 5.97. The Labute approximate surface area is 97.3 Å². The molecular formula is C14H21FO. The third kappa shape index (κ3) is 3.22. The van der Waals surface area contributed by atoms with Crippen molar-refractivity contribution >= 4 is 0 Å². The first-order valence-electron chi connectivity index (χ1n) is 6.19. The molecule has 0 unspecified atom stereocenters. The van der Waals surface area contributed by atoms with E-state index in [1.807, 2.05) is 13.0 Å². The number of phenols is 1. The lowest BCUT2D eigenvalue weighted by Crippen LogP contribution is -1.99. The molecule has 0 radical (unpaired) electrons. The van der Waals surface area contributed by atoms with Crippen LogP contribution in [0.3, 0.4) is 0 Å². The van der Waals surface area contributed by atoms with E-state index in [0.29, 0.717) is 12.0 Å². The van der Waals surface area contributed by atoms with Crippen LogP contribution in [0.2, 0.25) is 0 Å². The molecule has 0 saturated carbocycles. The molecule has 0 spiro atoms. The van der Waals surface area contributed by atoms with Crippen LogP contribution in [0.5, 0.6) is 5.75 Å². The first-order chi connectivity index (χ1) is 7.70. The molecule has 16 heavy (non-hydrogen) atoms. The molecule has 0 atom stereocenters. The molecule has 0 aliphatic carbocycles. The number of benzene rings is 1. The van der Waals surface area contributed by atoms with Crippen LogP contribution >= 0.6 is 0 Å². The molecular weight excluding hydrogens is 203 g/mol. The van der Waals surface area contributed by atoms with E-state index in [1.165, 1.54) is 18.9 Å². The summed E-state index contributed by atoms with van der Waals surface area (Å²) in [6.45, 7) is 4.18. The summed E-state index contributed by atoms with van der Waals surface area (Å²) in [6, 6.07) is 3.33. The van der Waals surface area contributed by atoms with Crippen LogP contribution in [0.15, 0.2) is 12.1 Å². The van der Waals surface area contributed by atoms with Crippen molar-refractivity contribution in [3.63, 3.8) is 0 Å². The monoisotopic (exact) mass is 224 g/mol. The molecule has 0 amide bonds. The molecule has 1 N–H and O–H groups in total. The number of aromatic hydroxyl groups is 1. The fraction of sp³-hybridized carbons (Fsp3) is 0.571. The van der Waals surface area contributed by atoms with E-state index in [1.54, 1.807) is 0 Å². The number of halogens is 1. The Morgan fingerprint density at radius 3 is 2.44 bits per heavy atom. The predicted molar refractivity (Wildman–Crippen MR) is 65.3 cm³/mol.